The van der Waals surface area contributed by atoms with Gasteiger partial charge in [0.25, 0.3) is 0 Å². The van der Waals surface area contributed by atoms with Gasteiger partial charge < -0.3 is 0 Å². The summed E-state index contributed by atoms with van der Waals surface area (Å²) in [5, 5.41) is 8.69. The van der Waals surface area contributed by atoms with Crippen LogP contribution in [0.4, 0.5) is 0 Å². The van der Waals surface area contributed by atoms with Gasteiger partial charge in [-0.05, 0) is 66.7 Å². The molecule has 0 aliphatic carbocycles. The first kappa shape index (κ1) is 17.3. The summed E-state index contributed by atoms with van der Waals surface area (Å²) in [5.74, 6) is 0. The fourth-order valence-corrected chi connectivity index (χ4v) is 4.97. The maximum atomic E-state index is 11.3. The van der Waals surface area contributed by atoms with Crippen LogP contribution in [0, 0.1) is 0 Å². The average molecular weight is 401 g/mol. The Morgan fingerprint density at radius 3 is 1.90 bits per heavy atom. The zero-order valence-electron chi connectivity index (χ0n) is 16.2. The van der Waals surface area contributed by atoms with Crippen molar-refractivity contribution in [3.63, 3.8) is 0 Å². The summed E-state index contributed by atoms with van der Waals surface area (Å²) >= 11 is 0. The molecule has 6 aromatic rings. The van der Waals surface area contributed by atoms with Gasteiger partial charge in [0, 0.05) is 0 Å². The van der Waals surface area contributed by atoms with Gasteiger partial charge in [-0.3, -0.25) is 0 Å². The van der Waals surface area contributed by atoms with Crippen LogP contribution in [0.5, 0.6) is 0 Å². The van der Waals surface area contributed by atoms with E-state index in [2.05, 4.69) is 84.9 Å². The summed E-state index contributed by atoms with van der Waals surface area (Å²) in [7, 11) is -0.425. The maximum Gasteiger partial charge on any atom is 0.363 e. The van der Waals surface area contributed by atoms with Crippen molar-refractivity contribution in [3.05, 3.63) is 103 Å². The second kappa shape index (κ2) is 6.76. The van der Waals surface area contributed by atoms with Crippen LogP contribution in [0.15, 0.2) is 103 Å². The van der Waals surface area contributed by atoms with E-state index in [4.69, 9.17) is 0 Å². The Balaban J connectivity index is 1.53. The maximum absolute atomic E-state index is 11.3. The van der Waals surface area contributed by atoms with Gasteiger partial charge in [-0.2, -0.15) is 0 Å². The molecule has 0 saturated carbocycles. The monoisotopic (exact) mass is 401 g/mol. The Kier molecular flexibility index (Phi) is 3.91. The highest BCUT2D eigenvalue weighted by Gasteiger charge is 2.12. The molecular formula is C28H18OP+. The lowest BCUT2D eigenvalue weighted by Crippen LogP contribution is -1.91. The van der Waals surface area contributed by atoms with Crippen molar-refractivity contribution < 1.29 is 4.57 Å². The van der Waals surface area contributed by atoms with Crippen molar-refractivity contribution in [2.24, 2.45) is 0 Å². The SMILES string of the molecule is O=[PH+]c1cccc(-c2ccc(-c3ccc4ccc5cccc6ccc3c4c56)cc2)c1. The largest absolute Gasteiger partial charge is 0.363 e. The van der Waals surface area contributed by atoms with Gasteiger partial charge in [0.1, 0.15) is 0 Å². The van der Waals surface area contributed by atoms with Crippen molar-refractivity contribution in [2.45, 2.75) is 0 Å². The van der Waals surface area contributed by atoms with Crippen molar-refractivity contribution in [1.82, 2.24) is 0 Å². The van der Waals surface area contributed by atoms with Crippen molar-refractivity contribution in [2.75, 3.05) is 0 Å². The molecule has 1 unspecified atom stereocenters. The summed E-state index contributed by atoms with van der Waals surface area (Å²) < 4.78 is 11.3. The lowest BCUT2D eigenvalue weighted by Gasteiger charge is -2.14. The van der Waals surface area contributed by atoms with Gasteiger partial charge in [-0.25, -0.2) is 0 Å². The van der Waals surface area contributed by atoms with E-state index in [0.717, 1.165) is 16.4 Å². The molecule has 0 bridgehead atoms. The number of rotatable bonds is 3. The average Bonchev–Trinajstić information content (AvgIpc) is 2.82. The molecule has 0 aliphatic rings. The molecule has 0 saturated heterocycles. The molecule has 0 spiro atoms. The highest BCUT2D eigenvalue weighted by atomic mass is 31.1. The fourth-order valence-electron chi connectivity index (χ4n) is 4.59. The summed E-state index contributed by atoms with van der Waals surface area (Å²) in [5.41, 5.74) is 4.69. The van der Waals surface area contributed by atoms with E-state index < -0.39 is 8.46 Å². The van der Waals surface area contributed by atoms with Crippen LogP contribution in [0.25, 0.3) is 54.6 Å². The van der Waals surface area contributed by atoms with Crippen LogP contribution in [-0.4, -0.2) is 0 Å². The first-order chi connectivity index (χ1) is 14.8. The molecule has 0 aliphatic heterocycles. The minimum absolute atomic E-state index is 0.425. The normalized spacial score (nSPS) is 11.7. The van der Waals surface area contributed by atoms with Gasteiger partial charge in [0.15, 0.2) is 5.30 Å². The molecule has 0 radical (unpaired) electrons. The lowest BCUT2D eigenvalue weighted by molar-refractivity contribution is 0.603. The van der Waals surface area contributed by atoms with Gasteiger partial charge in [-0.15, -0.1) is 0 Å². The Bertz CT molecular complexity index is 1530. The molecule has 0 heterocycles. The molecule has 140 valence electrons. The standard InChI is InChI=1S/C28H17OP/c29-30-24-6-2-5-23(17-24)18-7-9-19(10-8-18)25-15-13-22-12-11-20-3-1-4-21-14-16-26(25)28(22)27(20)21/h1-17H/p+1. The molecule has 2 heteroatoms. The second-order valence-electron chi connectivity index (χ2n) is 7.73. The van der Waals surface area contributed by atoms with Crippen LogP contribution in [-0.2, 0) is 4.57 Å². The quantitative estimate of drug-likeness (QED) is 0.221. The Labute approximate surface area is 176 Å². The molecular weight excluding hydrogens is 383 g/mol. The third-order valence-corrected chi connectivity index (χ3v) is 6.59. The highest BCUT2D eigenvalue weighted by molar-refractivity contribution is 7.34. The van der Waals surface area contributed by atoms with Gasteiger partial charge in [0.2, 0.25) is 0 Å². The minimum Gasteiger partial charge on any atom is -0.0707 e. The number of hydrogen-bond acceptors (Lipinski definition) is 1. The van der Waals surface area contributed by atoms with Crippen molar-refractivity contribution in [1.29, 1.82) is 0 Å². The molecule has 0 fully saturated rings. The molecule has 0 aromatic heterocycles. The number of hydrogen-bond donors (Lipinski definition) is 0. The molecule has 6 aromatic carbocycles. The highest BCUT2D eigenvalue weighted by Crippen LogP contribution is 2.39. The van der Waals surface area contributed by atoms with Crippen LogP contribution in [0.2, 0.25) is 0 Å². The van der Waals surface area contributed by atoms with E-state index in [1.54, 1.807) is 0 Å². The van der Waals surface area contributed by atoms with Crippen molar-refractivity contribution in [3.8, 4) is 22.3 Å². The lowest BCUT2D eigenvalue weighted by atomic mass is 9.89. The Hall–Kier alpha value is -3.54. The molecule has 0 amide bonds. The van der Waals surface area contributed by atoms with Crippen LogP contribution in [0.1, 0.15) is 0 Å². The summed E-state index contributed by atoms with van der Waals surface area (Å²) in [6.45, 7) is 0. The van der Waals surface area contributed by atoms with E-state index in [1.807, 2.05) is 18.2 Å². The number of benzene rings is 6. The Morgan fingerprint density at radius 2 is 1.13 bits per heavy atom. The minimum atomic E-state index is -0.425. The molecule has 1 atom stereocenters. The summed E-state index contributed by atoms with van der Waals surface area (Å²) in [6, 6.07) is 36.5. The third kappa shape index (κ3) is 2.64. The van der Waals surface area contributed by atoms with Gasteiger partial charge in [-0.1, -0.05) is 95.6 Å². The van der Waals surface area contributed by atoms with Crippen LogP contribution in [0.3, 0.4) is 0 Å². The first-order valence-corrected chi connectivity index (χ1v) is 11.0. The van der Waals surface area contributed by atoms with E-state index in [-0.39, 0.29) is 0 Å². The van der Waals surface area contributed by atoms with Crippen LogP contribution < -0.4 is 5.30 Å². The molecule has 30 heavy (non-hydrogen) atoms. The van der Waals surface area contributed by atoms with E-state index in [9.17, 15) is 4.57 Å². The smallest absolute Gasteiger partial charge is 0.0707 e. The summed E-state index contributed by atoms with van der Waals surface area (Å²) in [4.78, 5) is 0. The van der Waals surface area contributed by atoms with Crippen LogP contribution >= 0.6 is 8.46 Å². The predicted octanol–water partition coefficient (Wildman–Crippen LogP) is 7.57. The van der Waals surface area contributed by atoms with Crippen molar-refractivity contribution >= 4 is 46.1 Å². The van der Waals surface area contributed by atoms with Gasteiger partial charge in [0.05, 0.1) is 0 Å². The molecule has 6 rings (SSSR count). The second-order valence-corrected chi connectivity index (χ2v) is 8.51. The molecule has 1 nitrogen and oxygen atoms in total. The van der Waals surface area contributed by atoms with E-state index in [0.29, 0.717) is 0 Å². The van der Waals surface area contributed by atoms with E-state index >= 15 is 0 Å². The Morgan fingerprint density at radius 1 is 0.500 bits per heavy atom. The van der Waals surface area contributed by atoms with E-state index in [1.165, 1.54) is 43.4 Å². The zero-order valence-corrected chi connectivity index (χ0v) is 17.2. The predicted molar refractivity (Wildman–Crippen MR) is 130 cm³/mol. The third-order valence-electron chi connectivity index (χ3n) is 6.04. The zero-order chi connectivity index (χ0) is 20.1. The molecule has 0 N–H and O–H groups in total. The fraction of sp³-hybridized carbons (Fsp3) is 0. The van der Waals surface area contributed by atoms with Gasteiger partial charge >= 0.3 is 8.46 Å². The topological polar surface area (TPSA) is 17.1 Å². The summed E-state index contributed by atoms with van der Waals surface area (Å²) in [6.07, 6.45) is 0. The first-order valence-electron chi connectivity index (χ1n) is 10.1.